The van der Waals surface area contributed by atoms with Crippen molar-refractivity contribution in [2.24, 2.45) is 0 Å². The first kappa shape index (κ1) is 19.8. The van der Waals surface area contributed by atoms with E-state index in [-0.39, 0.29) is 12.0 Å². The summed E-state index contributed by atoms with van der Waals surface area (Å²) in [7, 11) is 0. The van der Waals surface area contributed by atoms with E-state index in [9.17, 15) is 4.79 Å². The number of benzene rings is 2. The van der Waals surface area contributed by atoms with Gasteiger partial charge in [-0.25, -0.2) is 4.98 Å². The van der Waals surface area contributed by atoms with Crippen molar-refractivity contribution in [3.05, 3.63) is 76.8 Å². The number of morpholine rings is 1. The van der Waals surface area contributed by atoms with Gasteiger partial charge < -0.3 is 10.1 Å². The van der Waals surface area contributed by atoms with Gasteiger partial charge in [-0.2, -0.15) is 0 Å². The monoisotopic (exact) mass is 407 g/mol. The number of thiazole rings is 1. The zero-order chi connectivity index (χ0) is 20.1. The van der Waals surface area contributed by atoms with Crippen molar-refractivity contribution >= 4 is 17.2 Å². The van der Waals surface area contributed by atoms with Crippen molar-refractivity contribution in [1.82, 2.24) is 15.2 Å². The highest BCUT2D eigenvalue weighted by Crippen LogP contribution is 2.27. The number of aryl methyl sites for hydroxylation is 1. The molecule has 1 aliphatic heterocycles. The summed E-state index contributed by atoms with van der Waals surface area (Å²) in [5.41, 5.74) is 3.10. The fourth-order valence-electron chi connectivity index (χ4n) is 3.49. The number of carbonyl (C=O) groups is 1. The third kappa shape index (κ3) is 5.09. The first-order chi connectivity index (χ1) is 14.2. The fraction of sp³-hybridized carbons (Fsp3) is 0.304. The Kier molecular flexibility index (Phi) is 6.34. The van der Waals surface area contributed by atoms with E-state index in [0.717, 1.165) is 35.9 Å². The summed E-state index contributed by atoms with van der Waals surface area (Å²) >= 11 is 1.44. The topological polar surface area (TPSA) is 54.5 Å². The molecule has 1 N–H and O–H groups in total. The van der Waals surface area contributed by atoms with Gasteiger partial charge in [0.1, 0.15) is 9.88 Å². The van der Waals surface area contributed by atoms with E-state index in [1.165, 1.54) is 16.9 Å². The molecule has 0 unspecified atom stereocenters. The van der Waals surface area contributed by atoms with Gasteiger partial charge in [0.25, 0.3) is 5.91 Å². The van der Waals surface area contributed by atoms with Crippen molar-refractivity contribution in [3.8, 4) is 10.6 Å². The number of rotatable bonds is 6. The van der Waals surface area contributed by atoms with Gasteiger partial charge in [-0.05, 0) is 12.5 Å². The van der Waals surface area contributed by atoms with E-state index in [1.54, 1.807) is 0 Å². The second-order valence-electron chi connectivity index (χ2n) is 7.22. The quantitative estimate of drug-likeness (QED) is 0.676. The number of aromatic nitrogens is 1. The first-order valence-electron chi connectivity index (χ1n) is 9.88. The summed E-state index contributed by atoms with van der Waals surface area (Å²) in [6.45, 7) is 5.70. The van der Waals surface area contributed by atoms with Gasteiger partial charge >= 0.3 is 0 Å². The Hall–Kier alpha value is -2.54. The van der Waals surface area contributed by atoms with Crippen molar-refractivity contribution in [1.29, 1.82) is 0 Å². The van der Waals surface area contributed by atoms with Gasteiger partial charge in [0.15, 0.2) is 0 Å². The molecule has 0 aliphatic carbocycles. The lowest BCUT2D eigenvalue weighted by atomic mass is 10.2. The predicted molar refractivity (Wildman–Crippen MR) is 116 cm³/mol. The zero-order valence-corrected chi connectivity index (χ0v) is 17.3. The molecule has 3 aromatic rings. The molecule has 0 bridgehead atoms. The van der Waals surface area contributed by atoms with Gasteiger partial charge in [-0.3, -0.25) is 9.69 Å². The van der Waals surface area contributed by atoms with E-state index in [4.69, 9.17) is 4.74 Å². The fourth-order valence-corrected chi connectivity index (χ4v) is 4.48. The van der Waals surface area contributed by atoms with Gasteiger partial charge in [0, 0.05) is 31.7 Å². The molecule has 29 heavy (non-hydrogen) atoms. The normalized spacial score (nSPS) is 17.2. The van der Waals surface area contributed by atoms with Crippen LogP contribution in [-0.2, 0) is 11.3 Å². The van der Waals surface area contributed by atoms with Crippen LogP contribution in [0.25, 0.3) is 10.6 Å². The number of nitrogens with zero attached hydrogens (tertiary/aromatic N) is 2. The number of amides is 1. The SMILES string of the molecule is Cc1nc(-c2ccccc2)sc1C(=O)NC[C@H]1CN(Cc2ccccc2)CCO1. The number of nitrogens with one attached hydrogen (secondary N) is 1. The summed E-state index contributed by atoms with van der Waals surface area (Å²) < 4.78 is 5.87. The van der Waals surface area contributed by atoms with Gasteiger partial charge in [-0.1, -0.05) is 60.7 Å². The molecule has 0 spiro atoms. The average Bonchev–Trinajstić information content (AvgIpc) is 3.15. The lowest BCUT2D eigenvalue weighted by molar-refractivity contribution is -0.0292. The summed E-state index contributed by atoms with van der Waals surface area (Å²) in [5, 5.41) is 3.91. The van der Waals surface area contributed by atoms with Crippen molar-refractivity contribution in [2.45, 2.75) is 19.6 Å². The van der Waals surface area contributed by atoms with Gasteiger partial charge in [-0.15, -0.1) is 11.3 Å². The maximum absolute atomic E-state index is 12.7. The highest BCUT2D eigenvalue weighted by atomic mass is 32.1. The Bertz CT molecular complexity index is 943. The summed E-state index contributed by atoms with van der Waals surface area (Å²) in [5.74, 6) is -0.0778. The molecular weight excluding hydrogens is 382 g/mol. The number of carbonyl (C=O) groups excluding carboxylic acids is 1. The highest BCUT2D eigenvalue weighted by Gasteiger charge is 2.22. The number of ether oxygens (including phenoxy) is 1. The van der Waals surface area contributed by atoms with E-state index in [2.05, 4.69) is 39.5 Å². The van der Waals surface area contributed by atoms with Crippen LogP contribution in [0.1, 0.15) is 20.9 Å². The highest BCUT2D eigenvalue weighted by molar-refractivity contribution is 7.17. The van der Waals surface area contributed by atoms with Crippen LogP contribution >= 0.6 is 11.3 Å². The summed E-state index contributed by atoms with van der Waals surface area (Å²) in [6.07, 6.45) is -0.00164. The molecule has 1 amide bonds. The molecule has 150 valence electrons. The molecule has 2 heterocycles. The number of hydrogen-bond donors (Lipinski definition) is 1. The Labute approximate surface area is 175 Å². The Balaban J connectivity index is 1.33. The molecule has 0 radical (unpaired) electrons. The lowest BCUT2D eigenvalue weighted by Crippen LogP contribution is -2.47. The van der Waals surface area contributed by atoms with Gasteiger partial charge in [0.2, 0.25) is 0 Å². The standard InChI is InChI=1S/C23H25N3O2S/c1-17-21(29-23(25-17)19-10-6-3-7-11-19)22(27)24-14-20-16-26(12-13-28-20)15-18-8-4-2-5-9-18/h2-11,20H,12-16H2,1H3,(H,24,27)/t20-/m0/s1. The van der Waals surface area contributed by atoms with Crippen LogP contribution in [0.15, 0.2) is 60.7 Å². The molecule has 5 nitrogen and oxygen atoms in total. The molecule has 0 saturated carbocycles. The smallest absolute Gasteiger partial charge is 0.263 e. The van der Waals surface area contributed by atoms with Crippen LogP contribution in [-0.4, -0.2) is 48.1 Å². The van der Waals surface area contributed by atoms with Crippen molar-refractivity contribution in [3.63, 3.8) is 0 Å². The van der Waals surface area contributed by atoms with E-state index < -0.39 is 0 Å². The van der Waals surface area contributed by atoms with Crippen LogP contribution in [0.5, 0.6) is 0 Å². The Morgan fingerprint density at radius 1 is 1.17 bits per heavy atom. The molecule has 1 saturated heterocycles. The predicted octanol–water partition coefficient (Wildman–Crippen LogP) is 3.75. The van der Waals surface area contributed by atoms with Crippen molar-refractivity contribution < 1.29 is 9.53 Å². The Morgan fingerprint density at radius 3 is 2.66 bits per heavy atom. The largest absolute Gasteiger partial charge is 0.374 e. The molecular formula is C23H25N3O2S. The molecule has 6 heteroatoms. The van der Waals surface area contributed by atoms with E-state index >= 15 is 0 Å². The molecule has 4 rings (SSSR count). The van der Waals surface area contributed by atoms with Crippen LogP contribution < -0.4 is 5.32 Å². The summed E-state index contributed by atoms with van der Waals surface area (Å²) in [4.78, 5) is 20.3. The van der Waals surface area contributed by atoms with Crippen LogP contribution in [0.3, 0.4) is 0 Å². The molecule has 1 aromatic heterocycles. The molecule has 1 atom stereocenters. The third-order valence-electron chi connectivity index (χ3n) is 4.99. The van der Waals surface area contributed by atoms with E-state index in [1.807, 2.05) is 43.3 Å². The first-order valence-corrected chi connectivity index (χ1v) is 10.7. The van der Waals surface area contributed by atoms with Gasteiger partial charge in [0.05, 0.1) is 18.4 Å². The molecule has 1 fully saturated rings. The summed E-state index contributed by atoms with van der Waals surface area (Å²) in [6, 6.07) is 20.4. The van der Waals surface area contributed by atoms with Crippen molar-refractivity contribution in [2.75, 3.05) is 26.2 Å². The maximum atomic E-state index is 12.7. The minimum absolute atomic E-state index is 0.00164. The second-order valence-corrected chi connectivity index (χ2v) is 8.22. The van der Waals surface area contributed by atoms with Crippen LogP contribution in [0.4, 0.5) is 0 Å². The number of hydrogen-bond acceptors (Lipinski definition) is 5. The van der Waals surface area contributed by atoms with Crippen LogP contribution in [0.2, 0.25) is 0 Å². The molecule has 2 aromatic carbocycles. The van der Waals surface area contributed by atoms with E-state index in [0.29, 0.717) is 18.0 Å². The second kappa shape index (κ2) is 9.31. The average molecular weight is 408 g/mol. The van der Waals surface area contributed by atoms with Crippen LogP contribution in [0, 0.1) is 6.92 Å². The maximum Gasteiger partial charge on any atom is 0.263 e. The lowest BCUT2D eigenvalue weighted by Gasteiger charge is -2.33. The minimum atomic E-state index is -0.0778. The molecule has 1 aliphatic rings. The third-order valence-corrected chi connectivity index (χ3v) is 6.19. The Morgan fingerprint density at radius 2 is 1.90 bits per heavy atom. The minimum Gasteiger partial charge on any atom is -0.374 e. The zero-order valence-electron chi connectivity index (χ0n) is 16.5.